The number of carbonyl (C=O) groups excluding carboxylic acids is 1. The highest BCUT2D eigenvalue weighted by molar-refractivity contribution is 8.16. The highest BCUT2D eigenvalue weighted by Gasteiger charge is 2.32. The van der Waals surface area contributed by atoms with Gasteiger partial charge in [-0.2, -0.15) is 0 Å². The highest BCUT2D eigenvalue weighted by Crippen LogP contribution is 2.29. The van der Waals surface area contributed by atoms with Crippen LogP contribution >= 0.6 is 11.8 Å². The van der Waals surface area contributed by atoms with Gasteiger partial charge in [-0.05, 0) is 6.42 Å². The van der Waals surface area contributed by atoms with Gasteiger partial charge in [0.25, 0.3) is 5.91 Å². The van der Waals surface area contributed by atoms with Gasteiger partial charge in [0.1, 0.15) is 5.70 Å². The zero-order chi connectivity index (χ0) is 11.7. The first-order valence-corrected chi connectivity index (χ1v) is 6.93. The second kappa shape index (κ2) is 4.70. The molecule has 0 atom stereocenters. The van der Waals surface area contributed by atoms with Crippen molar-refractivity contribution in [3.05, 3.63) is 11.1 Å². The monoisotopic (exact) mass is 252 g/mol. The summed E-state index contributed by atoms with van der Waals surface area (Å²) in [6.07, 6.45) is 1.04. The molecule has 6 heteroatoms. The van der Waals surface area contributed by atoms with E-state index in [0.717, 1.165) is 56.6 Å². The molecule has 0 saturated carbocycles. The number of aliphatic imine (C=N–C) groups is 1. The van der Waals surface area contributed by atoms with Gasteiger partial charge in [0.15, 0.2) is 5.17 Å². The number of thioether (sulfide) groups is 1. The third kappa shape index (κ3) is 2.07. The van der Waals surface area contributed by atoms with Gasteiger partial charge in [0, 0.05) is 44.7 Å². The molecule has 5 nitrogen and oxygen atoms in total. The second-order valence-electron chi connectivity index (χ2n) is 4.33. The molecule has 1 saturated heterocycles. The zero-order valence-electron chi connectivity index (χ0n) is 9.69. The Kier molecular flexibility index (Phi) is 3.07. The van der Waals surface area contributed by atoms with Crippen molar-refractivity contribution in [3.8, 4) is 0 Å². The first-order chi connectivity index (χ1) is 8.36. The molecule has 3 rings (SSSR count). The van der Waals surface area contributed by atoms with E-state index in [1.807, 2.05) is 10.3 Å². The van der Waals surface area contributed by atoms with Crippen LogP contribution < -0.4 is 5.32 Å². The minimum atomic E-state index is 0.158. The van der Waals surface area contributed by atoms with E-state index in [4.69, 9.17) is 0 Å². The molecule has 92 valence electrons. The van der Waals surface area contributed by atoms with Crippen molar-refractivity contribution >= 4 is 22.8 Å². The molecule has 3 aliphatic heterocycles. The number of piperazine rings is 1. The van der Waals surface area contributed by atoms with Crippen LogP contribution in [0.15, 0.2) is 16.1 Å². The van der Waals surface area contributed by atoms with Gasteiger partial charge in [-0.15, -0.1) is 0 Å². The summed E-state index contributed by atoms with van der Waals surface area (Å²) in [5.41, 5.74) is 0.815. The van der Waals surface area contributed by atoms with Crippen molar-refractivity contribution in [1.82, 2.24) is 15.1 Å². The number of hydrogen-bond donors (Lipinski definition) is 1. The van der Waals surface area contributed by atoms with E-state index >= 15 is 0 Å². The lowest BCUT2D eigenvalue weighted by Gasteiger charge is -2.31. The van der Waals surface area contributed by atoms with E-state index in [1.165, 1.54) is 0 Å². The summed E-state index contributed by atoms with van der Waals surface area (Å²) < 4.78 is 0. The van der Waals surface area contributed by atoms with Gasteiger partial charge in [0.2, 0.25) is 0 Å². The van der Waals surface area contributed by atoms with Crippen molar-refractivity contribution in [2.45, 2.75) is 6.42 Å². The summed E-state index contributed by atoms with van der Waals surface area (Å²) in [7, 11) is 0. The second-order valence-corrected chi connectivity index (χ2v) is 5.17. The van der Waals surface area contributed by atoms with Gasteiger partial charge < -0.3 is 15.1 Å². The maximum atomic E-state index is 12.4. The quantitative estimate of drug-likeness (QED) is 0.717. The number of amides is 1. The maximum absolute atomic E-state index is 12.4. The summed E-state index contributed by atoms with van der Waals surface area (Å²) in [5.74, 6) is 0.158. The largest absolute Gasteiger partial charge is 0.335 e. The van der Waals surface area contributed by atoms with Crippen LogP contribution in [0.3, 0.4) is 0 Å². The summed E-state index contributed by atoms with van der Waals surface area (Å²) in [6.45, 7) is 5.22. The standard InChI is InChI=1S/C11H16N4OS/c16-10(14-6-3-12-4-7-14)9-8-17-11-13-2-1-5-15(9)11/h8,12H,1-7H2. The summed E-state index contributed by atoms with van der Waals surface area (Å²) in [5, 5.41) is 6.21. The smallest absolute Gasteiger partial charge is 0.271 e. The molecule has 3 aliphatic rings. The third-order valence-corrected chi connectivity index (χ3v) is 4.11. The number of hydrogen-bond acceptors (Lipinski definition) is 5. The molecule has 0 spiro atoms. The van der Waals surface area contributed by atoms with E-state index in [0.29, 0.717) is 0 Å². The molecule has 3 heterocycles. The van der Waals surface area contributed by atoms with Gasteiger partial charge >= 0.3 is 0 Å². The molecular weight excluding hydrogens is 236 g/mol. The Hall–Kier alpha value is -1.01. The Bertz CT molecular complexity index is 387. The predicted molar refractivity (Wildman–Crippen MR) is 68.7 cm³/mol. The normalized spacial score (nSPS) is 24.2. The molecular formula is C11H16N4OS. The van der Waals surface area contributed by atoms with Crippen molar-refractivity contribution in [2.75, 3.05) is 39.3 Å². The number of carbonyl (C=O) groups is 1. The van der Waals surface area contributed by atoms with Crippen LogP contribution in [-0.2, 0) is 4.79 Å². The van der Waals surface area contributed by atoms with Gasteiger partial charge in [-0.1, -0.05) is 11.8 Å². The average molecular weight is 252 g/mol. The van der Waals surface area contributed by atoms with E-state index in [1.54, 1.807) is 11.8 Å². The van der Waals surface area contributed by atoms with Gasteiger partial charge in [0.05, 0.1) is 0 Å². The number of amidine groups is 1. The number of nitrogens with one attached hydrogen (secondary N) is 1. The number of nitrogens with zero attached hydrogens (tertiary/aromatic N) is 3. The maximum Gasteiger partial charge on any atom is 0.271 e. The van der Waals surface area contributed by atoms with E-state index in [2.05, 4.69) is 15.2 Å². The first-order valence-electron chi connectivity index (χ1n) is 6.05. The first kappa shape index (κ1) is 11.1. The van der Waals surface area contributed by atoms with Crippen molar-refractivity contribution in [1.29, 1.82) is 0 Å². The molecule has 17 heavy (non-hydrogen) atoms. The van der Waals surface area contributed by atoms with Gasteiger partial charge in [-0.25, -0.2) is 0 Å². The highest BCUT2D eigenvalue weighted by atomic mass is 32.2. The fourth-order valence-corrected chi connectivity index (χ4v) is 3.20. The summed E-state index contributed by atoms with van der Waals surface area (Å²) >= 11 is 1.58. The molecule has 0 bridgehead atoms. The summed E-state index contributed by atoms with van der Waals surface area (Å²) in [6, 6.07) is 0. The molecule has 0 unspecified atom stereocenters. The van der Waals surface area contributed by atoms with Crippen LogP contribution in [-0.4, -0.2) is 60.1 Å². The molecule has 1 fully saturated rings. The molecule has 0 aromatic rings. The minimum Gasteiger partial charge on any atom is -0.335 e. The van der Waals surface area contributed by atoms with Crippen molar-refractivity contribution < 1.29 is 4.79 Å². The Morgan fingerprint density at radius 2 is 2.18 bits per heavy atom. The van der Waals surface area contributed by atoms with Crippen LogP contribution in [0.1, 0.15) is 6.42 Å². The zero-order valence-corrected chi connectivity index (χ0v) is 10.5. The van der Waals surface area contributed by atoms with Crippen LogP contribution in [0.2, 0.25) is 0 Å². The minimum absolute atomic E-state index is 0.158. The van der Waals surface area contributed by atoms with E-state index in [9.17, 15) is 4.79 Å². The average Bonchev–Trinajstić information content (AvgIpc) is 2.83. The Balaban J connectivity index is 1.73. The lowest BCUT2D eigenvalue weighted by Crippen LogP contribution is -2.48. The Labute approximate surface area is 105 Å². The lowest BCUT2D eigenvalue weighted by atomic mass is 10.2. The third-order valence-electron chi connectivity index (χ3n) is 3.21. The number of fused-ring (bicyclic) bond motifs is 1. The molecule has 0 aromatic carbocycles. The Morgan fingerprint density at radius 1 is 1.35 bits per heavy atom. The lowest BCUT2D eigenvalue weighted by molar-refractivity contribution is -0.128. The van der Waals surface area contributed by atoms with E-state index < -0.39 is 0 Å². The molecule has 1 amide bonds. The molecule has 1 N–H and O–H groups in total. The van der Waals surface area contributed by atoms with Crippen LogP contribution in [0.4, 0.5) is 0 Å². The van der Waals surface area contributed by atoms with Crippen molar-refractivity contribution in [2.24, 2.45) is 4.99 Å². The Morgan fingerprint density at radius 3 is 3.00 bits per heavy atom. The fourth-order valence-electron chi connectivity index (χ4n) is 2.28. The van der Waals surface area contributed by atoms with Crippen LogP contribution in [0, 0.1) is 0 Å². The van der Waals surface area contributed by atoms with Crippen LogP contribution in [0.25, 0.3) is 0 Å². The summed E-state index contributed by atoms with van der Waals surface area (Å²) in [4.78, 5) is 20.8. The molecule has 0 radical (unpaired) electrons. The molecule has 0 aliphatic carbocycles. The fraction of sp³-hybridized carbons (Fsp3) is 0.636. The molecule has 0 aromatic heterocycles. The topological polar surface area (TPSA) is 47.9 Å². The van der Waals surface area contributed by atoms with Crippen LogP contribution in [0.5, 0.6) is 0 Å². The SMILES string of the molecule is O=C(C1=CSC2=NCCCN12)N1CCNCC1. The number of rotatable bonds is 1. The van der Waals surface area contributed by atoms with E-state index in [-0.39, 0.29) is 5.91 Å². The predicted octanol–water partition coefficient (Wildman–Crippen LogP) is 0.0681. The van der Waals surface area contributed by atoms with Gasteiger partial charge in [-0.3, -0.25) is 9.79 Å². The van der Waals surface area contributed by atoms with Crippen molar-refractivity contribution in [3.63, 3.8) is 0 Å².